The number of fused-ring (bicyclic) bond motifs is 2. The van der Waals surface area contributed by atoms with Crippen molar-refractivity contribution in [1.82, 2.24) is 19.6 Å². The summed E-state index contributed by atoms with van der Waals surface area (Å²) in [7, 11) is 5.95. The lowest BCUT2D eigenvalue weighted by atomic mass is 9.90. The fraction of sp³-hybridized carbons (Fsp3) is 0.467. The molecule has 14 nitrogen and oxygen atoms in total. The largest absolute Gasteiger partial charge is 0.493 e. The van der Waals surface area contributed by atoms with Crippen LogP contribution in [0.15, 0.2) is 24.3 Å². The Hall–Kier alpha value is -4.88. The van der Waals surface area contributed by atoms with Crippen LogP contribution in [0.1, 0.15) is 36.1 Å². The fourth-order valence-electron chi connectivity index (χ4n) is 7.00. The standard InChI is InChI=1S/C30H34N4O10/c1-7-43-25(35)29-30(26(36)44-8-2)33-15-19-11-23(41-5)24(42-6)12-20(19)16-34(30)28(38)32(29)14-18-10-22(40-4)21(39-3)9-17(18)13-31(29)27(33)37/h9-12H,7-8,13-16H2,1-6H3. The number of rotatable bonds is 8. The Bertz CT molecular complexity index is 1370. The summed E-state index contributed by atoms with van der Waals surface area (Å²) in [4.78, 5) is 63.4. The van der Waals surface area contributed by atoms with Crippen molar-refractivity contribution >= 4 is 24.0 Å². The summed E-state index contributed by atoms with van der Waals surface area (Å²) in [5.41, 5.74) is -2.04. The van der Waals surface area contributed by atoms with Crippen molar-refractivity contribution in [1.29, 1.82) is 0 Å². The molecule has 0 N–H and O–H groups in total. The number of carbonyl (C=O) groups excluding carboxylic acids is 4. The molecule has 0 atom stereocenters. The van der Waals surface area contributed by atoms with Gasteiger partial charge in [0.05, 0.1) is 67.8 Å². The third-order valence-corrected chi connectivity index (χ3v) is 8.82. The second kappa shape index (κ2) is 10.4. The van der Waals surface area contributed by atoms with E-state index in [0.717, 1.165) is 0 Å². The minimum Gasteiger partial charge on any atom is -0.493 e. The third kappa shape index (κ3) is 3.47. The molecular formula is C30H34N4O10. The summed E-state index contributed by atoms with van der Waals surface area (Å²) in [5.74, 6) is -0.226. The number of carbonyl (C=O) groups is 4. The number of ether oxygens (including phenoxy) is 6. The molecule has 4 aliphatic heterocycles. The fourth-order valence-corrected chi connectivity index (χ4v) is 7.00. The Balaban J connectivity index is 1.67. The Labute approximate surface area is 253 Å². The molecule has 0 saturated carbocycles. The van der Waals surface area contributed by atoms with Crippen molar-refractivity contribution in [2.75, 3.05) is 41.7 Å². The van der Waals surface area contributed by atoms with Gasteiger partial charge < -0.3 is 28.4 Å². The molecule has 4 amide bonds. The molecule has 2 aromatic carbocycles. The summed E-state index contributed by atoms with van der Waals surface area (Å²) in [6, 6.07) is 5.52. The zero-order valence-corrected chi connectivity index (χ0v) is 25.4. The van der Waals surface area contributed by atoms with Crippen LogP contribution in [-0.4, -0.2) is 96.6 Å². The highest BCUT2D eigenvalue weighted by Crippen LogP contribution is 2.58. The highest BCUT2D eigenvalue weighted by molar-refractivity contribution is 6.09. The van der Waals surface area contributed by atoms with Gasteiger partial charge in [-0.25, -0.2) is 19.2 Å². The zero-order valence-electron chi connectivity index (χ0n) is 25.4. The Morgan fingerprint density at radius 3 is 1.02 bits per heavy atom. The van der Waals surface area contributed by atoms with Crippen molar-refractivity contribution in [2.45, 2.75) is 51.4 Å². The molecule has 0 radical (unpaired) electrons. The molecule has 14 heteroatoms. The van der Waals surface area contributed by atoms with Crippen molar-refractivity contribution in [3.63, 3.8) is 0 Å². The van der Waals surface area contributed by atoms with Gasteiger partial charge in [-0.3, -0.25) is 19.6 Å². The predicted octanol–water partition coefficient (Wildman–Crippen LogP) is 2.44. The Morgan fingerprint density at radius 1 is 0.568 bits per heavy atom. The monoisotopic (exact) mass is 610 g/mol. The second-order valence-electron chi connectivity index (χ2n) is 10.6. The molecule has 0 spiro atoms. The number of hydrogen-bond donors (Lipinski definition) is 0. The van der Waals surface area contributed by atoms with Crippen LogP contribution in [0.25, 0.3) is 0 Å². The van der Waals surface area contributed by atoms with Crippen LogP contribution >= 0.6 is 0 Å². The van der Waals surface area contributed by atoms with Gasteiger partial charge in [0.15, 0.2) is 23.0 Å². The number of urea groups is 2. The summed E-state index contributed by atoms with van der Waals surface area (Å²) in [6.07, 6.45) is 0. The Morgan fingerprint density at radius 2 is 0.818 bits per heavy atom. The number of esters is 2. The molecule has 0 unspecified atom stereocenters. The topological polar surface area (TPSA) is 137 Å². The van der Waals surface area contributed by atoms with Crippen molar-refractivity contribution in [2.24, 2.45) is 0 Å². The maximum Gasteiger partial charge on any atom is 0.358 e. The van der Waals surface area contributed by atoms with E-state index in [1.807, 2.05) is 0 Å². The van der Waals surface area contributed by atoms with E-state index in [0.29, 0.717) is 45.3 Å². The molecule has 0 bridgehead atoms. The van der Waals surface area contributed by atoms with Crippen molar-refractivity contribution in [3.8, 4) is 23.0 Å². The number of methoxy groups -OCH3 is 4. The number of nitrogens with zero attached hydrogens (tertiary/aromatic N) is 4. The normalized spacial score (nSPS) is 22.9. The molecule has 0 aliphatic carbocycles. The molecular weight excluding hydrogens is 576 g/mol. The van der Waals surface area contributed by atoms with Gasteiger partial charge in [-0.15, -0.1) is 0 Å². The molecule has 0 aromatic heterocycles. The van der Waals surface area contributed by atoms with E-state index in [9.17, 15) is 19.2 Å². The van der Waals surface area contributed by atoms with Crippen LogP contribution in [0.4, 0.5) is 9.59 Å². The Kier molecular flexibility index (Phi) is 6.89. The molecule has 234 valence electrons. The maximum atomic E-state index is 14.7. The van der Waals surface area contributed by atoms with Gasteiger partial charge in [-0.05, 0) is 60.4 Å². The zero-order chi connectivity index (χ0) is 31.6. The van der Waals surface area contributed by atoms with E-state index in [4.69, 9.17) is 28.4 Å². The first-order chi connectivity index (χ1) is 21.2. The number of benzene rings is 2. The highest BCUT2D eigenvalue weighted by Gasteiger charge is 2.87. The minimum absolute atomic E-state index is 0.0627. The average Bonchev–Trinajstić information content (AvgIpc) is 3.19. The molecule has 44 heavy (non-hydrogen) atoms. The van der Waals surface area contributed by atoms with E-state index in [1.165, 1.54) is 48.0 Å². The summed E-state index contributed by atoms with van der Waals surface area (Å²) in [6.45, 7) is 2.56. The first-order valence-corrected chi connectivity index (χ1v) is 14.2. The SMILES string of the molecule is CCOC(=O)C12N3Cc4cc(OC)c(OC)cc4CN1C(=O)N1Cc4cc(OC)c(OC)cc4CN(C3=O)C12C(=O)OCC. The predicted molar refractivity (Wildman–Crippen MR) is 151 cm³/mol. The van der Waals surface area contributed by atoms with Crippen LogP contribution in [0.5, 0.6) is 23.0 Å². The lowest BCUT2D eigenvalue weighted by molar-refractivity contribution is -0.191. The first kappa shape index (κ1) is 29.2. The molecule has 2 fully saturated rings. The maximum absolute atomic E-state index is 14.7. The second-order valence-corrected chi connectivity index (χ2v) is 10.6. The lowest BCUT2D eigenvalue weighted by Crippen LogP contribution is -2.75. The number of hydrogen-bond acceptors (Lipinski definition) is 10. The average molecular weight is 611 g/mol. The summed E-state index contributed by atoms with van der Waals surface area (Å²) >= 11 is 0. The van der Waals surface area contributed by atoms with Crippen molar-refractivity contribution < 1.29 is 47.6 Å². The molecule has 6 rings (SSSR count). The van der Waals surface area contributed by atoms with E-state index < -0.39 is 35.3 Å². The molecule has 4 aliphatic rings. The van der Waals surface area contributed by atoms with Gasteiger partial charge >= 0.3 is 24.0 Å². The van der Waals surface area contributed by atoms with Gasteiger partial charge in [0.25, 0.3) is 11.3 Å². The van der Waals surface area contributed by atoms with Crippen LogP contribution in [-0.2, 0) is 45.2 Å². The van der Waals surface area contributed by atoms with Gasteiger partial charge in [-0.1, -0.05) is 0 Å². The number of amides is 4. The van der Waals surface area contributed by atoms with E-state index in [1.54, 1.807) is 38.1 Å². The third-order valence-electron chi connectivity index (χ3n) is 8.82. The van der Waals surface area contributed by atoms with E-state index >= 15 is 0 Å². The van der Waals surface area contributed by atoms with E-state index in [-0.39, 0.29) is 39.4 Å². The lowest BCUT2D eigenvalue weighted by Gasteiger charge is -2.43. The minimum atomic E-state index is -2.24. The smallest absolute Gasteiger partial charge is 0.358 e. The molecule has 4 heterocycles. The van der Waals surface area contributed by atoms with Crippen LogP contribution in [0, 0.1) is 0 Å². The van der Waals surface area contributed by atoms with Gasteiger partial charge in [0.1, 0.15) is 0 Å². The van der Waals surface area contributed by atoms with Gasteiger partial charge in [0.2, 0.25) is 0 Å². The molecule has 2 saturated heterocycles. The van der Waals surface area contributed by atoms with Crippen LogP contribution < -0.4 is 18.9 Å². The first-order valence-electron chi connectivity index (χ1n) is 14.2. The summed E-state index contributed by atoms with van der Waals surface area (Å²) in [5, 5.41) is 0. The van der Waals surface area contributed by atoms with Crippen molar-refractivity contribution in [3.05, 3.63) is 46.5 Å². The summed E-state index contributed by atoms with van der Waals surface area (Å²) < 4.78 is 33.3. The van der Waals surface area contributed by atoms with E-state index in [2.05, 4.69) is 0 Å². The van der Waals surface area contributed by atoms with Gasteiger partial charge in [0, 0.05) is 0 Å². The van der Waals surface area contributed by atoms with Gasteiger partial charge in [-0.2, -0.15) is 0 Å². The quantitative estimate of drug-likeness (QED) is 0.410. The van der Waals surface area contributed by atoms with Crippen LogP contribution in [0.3, 0.4) is 0 Å². The van der Waals surface area contributed by atoms with Crippen LogP contribution in [0.2, 0.25) is 0 Å². The molecule has 2 aromatic rings. The highest BCUT2D eigenvalue weighted by atomic mass is 16.6.